The molecule has 146 valence electrons. The Morgan fingerprint density at radius 1 is 0.964 bits per heavy atom. The van der Waals surface area contributed by atoms with Gasteiger partial charge in [0.15, 0.2) is 0 Å². The highest BCUT2D eigenvalue weighted by Gasteiger charge is 2.19. The number of hydrogen-bond acceptors (Lipinski definition) is 4. The first kappa shape index (κ1) is 19.1. The van der Waals surface area contributed by atoms with Crippen LogP contribution in [0.4, 0.5) is 4.39 Å². The van der Waals surface area contributed by atoms with Crippen molar-refractivity contribution in [3.63, 3.8) is 0 Å². The molecular weight excluding hydrogens is 379 g/mol. The first-order valence-electron chi connectivity index (χ1n) is 9.40. The fraction of sp³-hybridized carbons (Fsp3) is 0.318. The SMILES string of the molecule is Cc1ccc2c(CN3CCN(Cc4ccc(F)cc4Cl)CC3)cc(=O)oc2c1. The Hall–Kier alpha value is -2.21. The van der Waals surface area contributed by atoms with Crippen molar-refractivity contribution in [2.45, 2.75) is 20.0 Å². The Balaban J connectivity index is 1.42. The second kappa shape index (κ2) is 8.03. The quantitative estimate of drug-likeness (QED) is 0.615. The average Bonchev–Trinajstić information content (AvgIpc) is 2.65. The fourth-order valence-electron chi connectivity index (χ4n) is 3.71. The Kier molecular flexibility index (Phi) is 5.49. The van der Waals surface area contributed by atoms with Gasteiger partial charge in [-0.05, 0) is 41.8 Å². The molecule has 0 N–H and O–H groups in total. The minimum atomic E-state index is -0.312. The molecule has 4 rings (SSSR count). The third-order valence-corrected chi connectivity index (χ3v) is 5.61. The van der Waals surface area contributed by atoms with Crippen molar-refractivity contribution in [1.82, 2.24) is 9.80 Å². The lowest BCUT2D eigenvalue weighted by Gasteiger charge is -2.35. The summed E-state index contributed by atoms with van der Waals surface area (Å²) in [5.74, 6) is -0.312. The largest absolute Gasteiger partial charge is 0.423 e. The molecule has 0 saturated carbocycles. The molecule has 0 atom stereocenters. The van der Waals surface area contributed by atoms with Crippen molar-refractivity contribution in [2.75, 3.05) is 26.2 Å². The van der Waals surface area contributed by atoms with Gasteiger partial charge < -0.3 is 4.42 Å². The van der Waals surface area contributed by atoms with Crippen LogP contribution in [-0.2, 0) is 13.1 Å². The number of hydrogen-bond donors (Lipinski definition) is 0. The maximum absolute atomic E-state index is 13.2. The van der Waals surface area contributed by atoms with E-state index in [2.05, 4.69) is 9.80 Å². The van der Waals surface area contributed by atoms with Gasteiger partial charge in [0.1, 0.15) is 11.4 Å². The predicted octanol–water partition coefficient (Wildman–Crippen LogP) is 4.21. The first-order chi connectivity index (χ1) is 13.5. The van der Waals surface area contributed by atoms with Crippen LogP contribution in [0.1, 0.15) is 16.7 Å². The van der Waals surface area contributed by atoms with Gasteiger partial charge in [-0.15, -0.1) is 0 Å². The van der Waals surface area contributed by atoms with Gasteiger partial charge in [0.25, 0.3) is 0 Å². The zero-order valence-corrected chi connectivity index (χ0v) is 16.5. The lowest BCUT2D eigenvalue weighted by atomic mass is 10.1. The minimum absolute atomic E-state index is 0.308. The highest BCUT2D eigenvalue weighted by molar-refractivity contribution is 6.31. The molecule has 4 nitrogen and oxygen atoms in total. The van der Waals surface area contributed by atoms with Crippen LogP contribution in [0.5, 0.6) is 0 Å². The van der Waals surface area contributed by atoms with E-state index in [1.807, 2.05) is 25.1 Å². The van der Waals surface area contributed by atoms with Gasteiger partial charge in [0.05, 0.1) is 0 Å². The average molecular weight is 401 g/mol. The van der Waals surface area contributed by atoms with Crippen LogP contribution in [0.15, 0.2) is 51.7 Å². The second-order valence-electron chi connectivity index (χ2n) is 7.38. The predicted molar refractivity (Wildman–Crippen MR) is 109 cm³/mol. The van der Waals surface area contributed by atoms with Gasteiger partial charge in [-0.25, -0.2) is 9.18 Å². The Morgan fingerprint density at radius 3 is 2.32 bits per heavy atom. The normalized spacial score (nSPS) is 16.0. The molecule has 0 aliphatic carbocycles. The number of nitrogens with zero attached hydrogens (tertiary/aromatic N) is 2. The smallest absolute Gasteiger partial charge is 0.336 e. The van der Waals surface area contributed by atoms with Gasteiger partial charge in [0, 0.05) is 55.7 Å². The van der Waals surface area contributed by atoms with E-state index >= 15 is 0 Å². The minimum Gasteiger partial charge on any atom is -0.423 e. The second-order valence-corrected chi connectivity index (χ2v) is 7.79. The lowest BCUT2D eigenvalue weighted by Crippen LogP contribution is -2.45. The van der Waals surface area contributed by atoms with Crippen molar-refractivity contribution in [3.8, 4) is 0 Å². The van der Waals surface area contributed by atoms with Crippen LogP contribution in [-0.4, -0.2) is 36.0 Å². The Morgan fingerprint density at radius 2 is 1.64 bits per heavy atom. The van der Waals surface area contributed by atoms with Crippen molar-refractivity contribution in [2.24, 2.45) is 0 Å². The van der Waals surface area contributed by atoms with Gasteiger partial charge in [-0.3, -0.25) is 9.80 Å². The summed E-state index contributed by atoms with van der Waals surface area (Å²) in [7, 11) is 0. The molecule has 1 aromatic heterocycles. The molecule has 0 bridgehead atoms. The molecule has 2 heterocycles. The molecule has 2 aromatic carbocycles. The maximum Gasteiger partial charge on any atom is 0.336 e. The molecule has 0 spiro atoms. The van der Waals surface area contributed by atoms with E-state index in [4.69, 9.17) is 16.0 Å². The molecule has 1 saturated heterocycles. The van der Waals surface area contributed by atoms with E-state index in [0.717, 1.165) is 54.8 Å². The third-order valence-electron chi connectivity index (χ3n) is 5.25. The molecule has 6 heteroatoms. The topological polar surface area (TPSA) is 36.7 Å². The number of halogens is 2. The van der Waals surface area contributed by atoms with Crippen molar-refractivity contribution in [3.05, 3.63) is 80.4 Å². The van der Waals surface area contributed by atoms with Gasteiger partial charge in [-0.1, -0.05) is 29.8 Å². The summed E-state index contributed by atoms with van der Waals surface area (Å²) in [6.45, 7) is 7.00. The third kappa shape index (κ3) is 4.27. The number of piperazine rings is 1. The lowest BCUT2D eigenvalue weighted by molar-refractivity contribution is 0.122. The van der Waals surface area contributed by atoms with E-state index in [-0.39, 0.29) is 11.4 Å². The summed E-state index contributed by atoms with van der Waals surface area (Å²) in [5, 5.41) is 1.46. The monoisotopic (exact) mass is 400 g/mol. The summed E-state index contributed by atoms with van der Waals surface area (Å²) in [6, 6.07) is 12.1. The molecule has 0 radical (unpaired) electrons. The van der Waals surface area contributed by atoms with E-state index < -0.39 is 0 Å². The molecule has 1 fully saturated rings. The van der Waals surface area contributed by atoms with Crippen LogP contribution in [0.2, 0.25) is 5.02 Å². The van der Waals surface area contributed by atoms with Crippen LogP contribution >= 0.6 is 11.6 Å². The summed E-state index contributed by atoms with van der Waals surface area (Å²) < 4.78 is 18.6. The highest BCUT2D eigenvalue weighted by atomic mass is 35.5. The van der Waals surface area contributed by atoms with Crippen LogP contribution in [0.3, 0.4) is 0 Å². The van der Waals surface area contributed by atoms with E-state index in [0.29, 0.717) is 17.2 Å². The van der Waals surface area contributed by atoms with Crippen molar-refractivity contribution >= 4 is 22.6 Å². The molecule has 0 unspecified atom stereocenters. The fourth-order valence-corrected chi connectivity index (χ4v) is 3.93. The summed E-state index contributed by atoms with van der Waals surface area (Å²) >= 11 is 6.15. The molecule has 3 aromatic rings. The Bertz CT molecular complexity index is 1060. The maximum atomic E-state index is 13.2. The van der Waals surface area contributed by atoms with Gasteiger partial charge >= 0.3 is 5.63 Å². The first-order valence-corrected chi connectivity index (χ1v) is 9.78. The number of rotatable bonds is 4. The van der Waals surface area contributed by atoms with Crippen LogP contribution in [0.25, 0.3) is 11.0 Å². The highest BCUT2D eigenvalue weighted by Crippen LogP contribution is 2.22. The molecule has 1 aliphatic heterocycles. The van der Waals surface area contributed by atoms with Crippen LogP contribution < -0.4 is 5.63 Å². The summed E-state index contributed by atoms with van der Waals surface area (Å²) in [5.41, 5.74) is 3.35. The number of benzene rings is 2. The van der Waals surface area contributed by atoms with Crippen molar-refractivity contribution < 1.29 is 8.81 Å². The molecule has 0 amide bonds. The summed E-state index contributed by atoms with van der Waals surface area (Å²) in [6.07, 6.45) is 0. The standard InChI is InChI=1S/C22H22ClFN2O2/c1-15-2-5-19-17(11-22(27)28-21(19)10-15)14-26-8-6-25(7-9-26)13-16-3-4-18(24)12-20(16)23/h2-5,10-12H,6-9,13-14H2,1H3. The van der Waals surface area contributed by atoms with E-state index in [9.17, 15) is 9.18 Å². The van der Waals surface area contributed by atoms with Crippen LogP contribution in [0, 0.1) is 12.7 Å². The van der Waals surface area contributed by atoms with Gasteiger partial charge in [0.2, 0.25) is 0 Å². The zero-order chi connectivity index (χ0) is 19.7. The molecule has 1 aliphatic rings. The number of fused-ring (bicyclic) bond motifs is 1. The van der Waals surface area contributed by atoms with E-state index in [1.165, 1.54) is 12.1 Å². The zero-order valence-electron chi connectivity index (χ0n) is 15.8. The van der Waals surface area contributed by atoms with Gasteiger partial charge in [-0.2, -0.15) is 0 Å². The number of aryl methyl sites for hydroxylation is 1. The van der Waals surface area contributed by atoms with Crippen molar-refractivity contribution in [1.29, 1.82) is 0 Å². The van der Waals surface area contributed by atoms with E-state index in [1.54, 1.807) is 12.1 Å². The molecule has 28 heavy (non-hydrogen) atoms. The molecular formula is C22H22ClFN2O2. The Labute approximate surface area is 168 Å². The summed E-state index contributed by atoms with van der Waals surface area (Å²) in [4.78, 5) is 16.6.